The second kappa shape index (κ2) is 6.78. The average Bonchev–Trinajstić information content (AvgIpc) is 2.15. The Hall–Kier alpha value is -0.0400. The quantitative estimate of drug-likeness (QED) is 0.569. The van der Waals surface area contributed by atoms with Gasteiger partial charge in [0, 0.05) is 6.04 Å². The molecule has 0 bridgehead atoms. The summed E-state index contributed by atoms with van der Waals surface area (Å²) in [5.41, 5.74) is 0.858. The minimum absolute atomic E-state index is 0.412. The third kappa shape index (κ3) is 5.90. The Morgan fingerprint density at radius 3 is 1.82 bits per heavy atom. The van der Waals surface area contributed by atoms with E-state index >= 15 is 0 Å². The summed E-state index contributed by atoms with van der Waals surface area (Å²) in [4.78, 5) is 2.56. The van der Waals surface area contributed by atoms with E-state index in [4.69, 9.17) is 0 Å². The standard InChI is InChI=1S/C16H35N/c1-9-17(14(2)3)13-11-10-12-16(7,8)15(4,5)6/h14H,9-13H2,1-8H3. The Balaban J connectivity index is 3.93. The zero-order chi connectivity index (χ0) is 13.7. The summed E-state index contributed by atoms with van der Waals surface area (Å²) >= 11 is 0. The van der Waals surface area contributed by atoms with Crippen molar-refractivity contribution in [3.05, 3.63) is 0 Å². The molecular formula is C16H35N. The van der Waals surface area contributed by atoms with Crippen LogP contribution in [-0.2, 0) is 0 Å². The predicted octanol–water partition coefficient (Wildman–Crippen LogP) is 4.96. The maximum absolute atomic E-state index is 2.56. The fraction of sp³-hybridized carbons (Fsp3) is 1.00. The molecule has 0 aliphatic rings. The zero-order valence-electron chi connectivity index (χ0n) is 13.6. The largest absolute Gasteiger partial charge is 0.301 e. The molecule has 0 N–H and O–H groups in total. The lowest BCUT2D eigenvalue weighted by atomic mass is 9.67. The van der Waals surface area contributed by atoms with Gasteiger partial charge in [0.25, 0.3) is 0 Å². The van der Waals surface area contributed by atoms with Crippen LogP contribution in [0.5, 0.6) is 0 Å². The van der Waals surface area contributed by atoms with Gasteiger partial charge >= 0.3 is 0 Å². The maximum atomic E-state index is 2.56. The number of hydrogen-bond donors (Lipinski definition) is 0. The third-order valence-electron chi connectivity index (χ3n) is 4.66. The Bertz CT molecular complexity index is 198. The second-order valence-electron chi connectivity index (χ2n) is 7.31. The van der Waals surface area contributed by atoms with Crippen molar-refractivity contribution in [3.63, 3.8) is 0 Å². The fourth-order valence-corrected chi connectivity index (χ4v) is 2.04. The highest BCUT2D eigenvalue weighted by atomic mass is 15.1. The van der Waals surface area contributed by atoms with Gasteiger partial charge in [0.15, 0.2) is 0 Å². The zero-order valence-corrected chi connectivity index (χ0v) is 13.6. The normalized spacial score (nSPS) is 13.8. The number of rotatable bonds is 7. The lowest BCUT2D eigenvalue weighted by Crippen LogP contribution is -2.32. The molecule has 0 saturated carbocycles. The second-order valence-corrected chi connectivity index (χ2v) is 7.31. The summed E-state index contributed by atoms with van der Waals surface area (Å²) in [5, 5.41) is 0. The summed E-state index contributed by atoms with van der Waals surface area (Å²) in [6.07, 6.45) is 4.03. The van der Waals surface area contributed by atoms with Crippen molar-refractivity contribution < 1.29 is 0 Å². The Labute approximate surface area is 110 Å². The van der Waals surface area contributed by atoms with E-state index in [9.17, 15) is 0 Å². The fourth-order valence-electron chi connectivity index (χ4n) is 2.04. The first-order valence-electron chi connectivity index (χ1n) is 7.36. The summed E-state index contributed by atoms with van der Waals surface area (Å²) < 4.78 is 0. The van der Waals surface area contributed by atoms with Crippen molar-refractivity contribution in [2.24, 2.45) is 10.8 Å². The summed E-state index contributed by atoms with van der Waals surface area (Å²) in [5.74, 6) is 0. The lowest BCUT2D eigenvalue weighted by molar-refractivity contribution is 0.113. The molecule has 0 aliphatic carbocycles. The molecule has 0 heterocycles. The molecule has 0 rings (SSSR count). The highest BCUT2D eigenvalue weighted by Gasteiger charge is 2.31. The van der Waals surface area contributed by atoms with Gasteiger partial charge in [-0.15, -0.1) is 0 Å². The first-order chi connectivity index (χ1) is 7.62. The summed E-state index contributed by atoms with van der Waals surface area (Å²) in [7, 11) is 0. The van der Waals surface area contributed by atoms with Crippen LogP contribution in [0.25, 0.3) is 0 Å². The summed E-state index contributed by atoms with van der Waals surface area (Å²) in [6.45, 7) is 21.2. The Morgan fingerprint density at radius 1 is 0.941 bits per heavy atom. The van der Waals surface area contributed by atoms with Gasteiger partial charge in [-0.2, -0.15) is 0 Å². The SMILES string of the molecule is CCN(CCCCC(C)(C)C(C)(C)C)C(C)C. The molecule has 1 heteroatoms. The van der Waals surface area contributed by atoms with E-state index in [1.54, 1.807) is 0 Å². The van der Waals surface area contributed by atoms with Crippen LogP contribution in [0.4, 0.5) is 0 Å². The molecule has 0 unspecified atom stereocenters. The highest BCUT2D eigenvalue weighted by molar-refractivity contribution is 4.82. The van der Waals surface area contributed by atoms with E-state index in [0.717, 1.165) is 0 Å². The molecule has 0 saturated heterocycles. The van der Waals surface area contributed by atoms with Crippen molar-refractivity contribution in [2.75, 3.05) is 13.1 Å². The monoisotopic (exact) mass is 241 g/mol. The molecule has 104 valence electrons. The molecule has 0 aromatic carbocycles. The molecule has 0 atom stereocenters. The molecule has 0 radical (unpaired) electrons. The third-order valence-corrected chi connectivity index (χ3v) is 4.66. The molecule has 0 fully saturated rings. The molecule has 0 aromatic heterocycles. The first-order valence-corrected chi connectivity index (χ1v) is 7.36. The van der Waals surface area contributed by atoms with E-state index in [0.29, 0.717) is 16.9 Å². The van der Waals surface area contributed by atoms with Crippen LogP contribution in [0.2, 0.25) is 0 Å². The van der Waals surface area contributed by atoms with Gasteiger partial charge in [-0.05, 0) is 50.6 Å². The Morgan fingerprint density at radius 2 is 1.47 bits per heavy atom. The average molecular weight is 241 g/mol. The number of nitrogens with zero attached hydrogens (tertiary/aromatic N) is 1. The maximum Gasteiger partial charge on any atom is 0.00384 e. The van der Waals surface area contributed by atoms with Crippen LogP contribution in [0, 0.1) is 10.8 Å². The molecular weight excluding hydrogens is 206 g/mol. The van der Waals surface area contributed by atoms with E-state index < -0.39 is 0 Å². The number of unbranched alkanes of at least 4 members (excludes halogenated alkanes) is 1. The van der Waals surface area contributed by atoms with Crippen molar-refractivity contribution in [1.29, 1.82) is 0 Å². The topological polar surface area (TPSA) is 3.24 Å². The van der Waals surface area contributed by atoms with E-state index in [1.165, 1.54) is 32.4 Å². The van der Waals surface area contributed by atoms with Gasteiger partial charge in [0.1, 0.15) is 0 Å². The molecule has 1 nitrogen and oxygen atoms in total. The lowest BCUT2D eigenvalue weighted by Gasteiger charge is -2.39. The van der Waals surface area contributed by atoms with Crippen molar-refractivity contribution in [3.8, 4) is 0 Å². The Kier molecular flexibility index (Phi) is 6.76. The van der Waals surface area contributed by atoms with Crippen LogP contribution in [0.1, 0.15) is 74.7 Å². The van der Waals surface area contributed by atoms with E-state index in [1.807, 2.05) is 0 Å². The van der Waals surface area contributed by atoms with Gasteiger partial charge in [-0.1, -0.05) is 48.0 Å². The van der Waals surface area contributed by atoms with Gasteiger partial charge < -0.3 is 4.90 Å². The van der Waals surface area contributed by atoms with E-state index in [-0.39, 0.29) is 0 Å². The van der Waals surface area contributed by atoms with E-state index in [2.05, 4.69) is 60.3 Å². The van der Waals surface area contributed by atoms with Crippen molar-refractivity contribution in [1.82, 2.24) is 4.90 Å². The minimum atomic E-state index is 0.412. The van der Waals surface area contributed by atoms with Crippen LogP contribution >= 0.6 is 0 Å². The van der Waals surface area contributed by atoms with Crippen LogP contribution < -0.4 is 0 Å². The highest BCUT2D eigenvalue weighted by Crippen LogP contribution is 2.41. The van der Waals surface area contributed by atoms with Crippen molar-refractivity contribution >= 4 is 0 Å². The molecule has 0 aliphatic heterocycles. The summed E-state index contributed by atoms with van der Waals surface area (Å²) in [6, 6.07) is 0.690. The van der Waals surface area contributed by atoms with Gasteiger partial charge in [-0.3, -0.25) is 0 Å². The predicted molar refractivity (Wildman–Crippen MR) is 79.5 cm³/mol. The van der Waals surface area contributed by atoms with Crippen molar-refractivity contribution in [2.45, 2.75) is 80.7 Å². The first kappa shape index (κ1) is 17.0. The van der Waals surface area contributed by atoms with Gasteiger partial charge in [0.05, 0.1) is 0 Å². The smallest absolute Gasteiger partial charge is 0.00384 e. The molecule has 0 amide bonds. The van der Waals surface area contributed by atoms with Gasteiger partial charge in [0.2, 0.25) is 0 Å². The van der Waals surface area contributed by atoms with Crippen LogP contribution in [0.15, 0.2) is 0 Å². The molecule has 0 aromatic rings. The van der Waals surface area contributed by atoms with Crippen LogP contribution in [0.3, 0.4) is 0 Å². The molecule has 0 spiro atoms. The minimum Gasteiger partial charge on any atom is -0.301 e. The van der Waals surface area contributed by atoms with Crippen LogP contribution in [-0.4, -0.2) is 24.0 Å². The number of hydrogen-bond acceptors (Lipinski definition) is 1. The van der Waals surface area contributed by atoms with Gasteiger partial charge in [-0.25, -0.2) is 0 Å². The molecule has 17 heavy (non-hydrogen) atoms.